The largest absolute Gasteiger partial charge is 0.487 e. The van der Waals surface area contributed by atoms with Crippen LogP contribution < -0.4 is 9.64 Å². The Hall–Kier alpha value is -1.35. The van der Waals surface area contributed by atoms with Crippen LogP contribution in [0.1, 0.15) is 30.4 Å². The molecule has 1 unspecified atom stereocenters. The minimum atomic E-state index is -0.173. The number of anilines is 1. The first-order chi connectivity index (χ1) is 15.6. The van der Waals surface area contributed by atoms with E-state index < -0.39 is 0 Å². The number of likely N-dealkylation sites (tertiary alicyclic amines) is 1. The van der Waals surface area contributed by atoms with Crippen LogP contribution >= 0.6 is 34.2 Å². The van der Waals surface area contributed by atoms with E-state index >= 15 is 0 Å². The van der Waals surface area contributed by atoms with Crippen molar-refractivity contribution in [1.82, 2.24) is 4.90 Å². The smallest absolute Gasteiger partial charge is 0.143 e. The van der Waals surface area contributed by atoms with Gasteiger partial charge in [-0.15, -0.1) is 0 Å². The first kappa shape index (κ1) is 23.8. The maximum absolute atomic E-state index is 11.6. The van der Waals surface area contributed by atoms with Crippen molar-refractivity contribution in [3.05, 3.63) is 56.1 Å². The van der Waals surface area contributed by atoms with Crippen molar-refractivity contribution in [3.8, 4) is 5.75 Å². The Morgan fingerprint density at radius 3 is 2.84 bits per heavy atom. The summed E-state index contributed by atoms with van der Waals surface area (Å²) in [6, 6.07) is 12.7. The normalized spacial score (nSPS) is 20.2. The molecule has 2 aliphatic rings. The van der Waals surface area contributed by atoms with E-state index in [2.05, 4.69) is 62.7 Å². The Bertz CT molecular complexity index is 941. The van der Waals surface area contributed by atoms with Crippen LogP contribution in [0.4, 0.5) is 5.69 Å². The number of nitrogens with zero attached hydrogens (tertiary/aromatic N) is 2. The topological polar surface area (TPSA) is 42.0 Å². The first-order valence-electron chi connectivity index (χ1n) is 11.2. The van der Waals surface area contributed by atoms with Gasteiger partial charge in [0.2, 0.25) is 0 Å². The standard InChI is InChI=1S/C25H30ClIN2O3/c1-31-17-23(15-30)29-11-9-22(29)14-28-10-3-2-4-18-12-20(26)6-5-19(18)16-32-25-8-7-21(27)13-24(25)28/h5-8,12-13,15,22-23H,2-4,9-11,14,16-17H2,1H3/t22-,23?/m0/s1. The van der Waals surface area contributed by atoms with E-state index in [1.54, 1.807) is 7.11 Å². The van der Waals surface area contributed by atoms with E-state index in [0.717, 1.165) is 68.1 Å². The molecule has 4 rings (SSSR count). The van der Waals surface area contributed by atoms with Gasteiger partial charge in [0.05, 0.1) is 18.3 Å². The number of rotatable bonds is 6. The molecule has 2 atom stereocenters. The lowest BCUT2D eigenvalue weighted by molar-refractivity contribution is -0.118. The molecule has 0 amide bonds. The number of methoxy groups -OCH3 is 1. The number of hydrogen-bond donors (Lipinski definition) is 0. The molecule has 0 spiro atoms. The van der Waals surface area contributed by atoms with Crippen molar-refractivity contribution in [1.29, 1.82) is 0 Å². The fraction of sp³-hybridized carbons (Fsp3) is 0.480. The molecule has 0 aromatic heterocycles. The minimum absolute atomic E-state index is 0.173. The molecule has 2 aromatic rings. The fourth-order valence-corrected chi connectivity index (χ4v) is 5.31. The van der Waals surface area contributed by atoms with Gasteiger partial charge in [0.25, 0.3) is 0 Å². The van der Waals surface area contributed by atoms with Gasteiger partial charge < -0.3 is 19.2 Å². The molecule has 2 heterocycles. The van der Waals surface area contributed by atoms with Gasteiger partial charge in [-0.2, -0.15) is 0 Å². The lowest BCUT2D eigenvalue weighted by atomic mass is 9.98. The molecule has 2 aliphatic heterocycles. The number of carbonyl (C=O) groups is 1. The Labute approximate surface area is 209 Å². The van der Waals surface area contributed by atoms with Gasteiger partial charge in [-0.1, -0.05) is 17.7 Å². The highest BCUT2D eigenvalue weighted by atomic mass is 127. The van der Waals surface area contributed by atoms with Gasteiger partial charge in [0, 0.05) is 41.4 Å². The molecule has 32 heavy (non-hydrogen) atoms. The second kappa shape index (κ2) is 11.2. The molecule has 0 saturated carbocycles. The van der Waals surface area contributed by atoms with E-state index in [-0.39, 0.29) is 6.04 Å². The average molecular weight is 569 g/mol. The monoisotopic (exact) mass is 568 g/mol. The predicted molar refractivity (Wildman–Crippen MR) is 137 cm³/mol. The zero-order valence-corrected chi connectivity index (χ0v) is 21.3. The number of carbonyl (C=O) groups excluding carboxylic acids is 1. The molecule has 2 aromatic carbocycles. The fourth-order valence-electron chi connectivity index (χ4n) is 4.64. The van der Waals surface area contributed by atoms with Crippen LogP contribution in [0.25, 0.3) is 0 Å². The van der Waals surface area contributed by atoms with Gasteiger partial charge in [-0.3, -0.25) is 4.90 Å². The summed E-state index contributed by atoms with van der Waals surface area (Å²) >= 11 is 8.63. The van der Waals surface area contributed by atoms with Crippen LogP contribution in [0.15, 0.2) is 36.4 Å². The molecule has 1 saturated heterocycles. The van der Waals surface area contributed by atoms with Crippen molar-refractivity contribution >= 4 is 46.2 Å². The number of benzene rings is 2. The van der Waals surface area contributed by atoms with E-state index in [1.165, 1.54) is 14.7 Å². The van der Waals surface area contributed by atoms with E-state index in [9.17, 15) is 4.79 Å². The van der Waals surface area contributed by atoms with Gasteiger partial charge in [-0.25, -0.2) is 0 Å². The second-order valence-corrected chi connectivity index (χ2v) is 10.2. The highest BCUT2D eigenvalue weighted by Crippen LogP contribution is 2.34. The van der Waals surface area contributed by atoms with Crippen molar-refractivity contribution in [3.63, 3.8) is 0 Å². The summed E-state index contributed by atoms with van der Waals surface area (Å²) in [4.78, 5) is 16.3. The third kappa shape index (κ3) is 5.58. The molecule has 172 valence electrons. The molecule has 5 nitrogen and oxygen atoms in total. The van der Waals surface area contributed by atoms with Crippen molar-refractivity contribution in [2.24, 2.45) is 0 Å². The number of halogens is 2. The first-order valence-corrected chi connectivity index (χ1v) is 12.7. The molecule has 7 heteroatoms. The maximum atomic E-state index is 11.6. The summed E-state index contributed by atoms with van der Waals surface area (Å²) < 4.78 is 12.8. The van der Waals surface area contributed by atoms with E-state index in [4.69, 9.17) is 21.1 Å². The molecule has 0 N–H and O–H groups in total. The summed E-state index contributed by atoms with van der Waals surface area (Å²) in [6.07, 6.45) is 5.29. The molecule has 0 aliphatic carbocycles. The highest BCUT2D eigenvalue weighted by molar-refractivity contribution is 14.1. The molecule has 0 radical (unpaired) electrons. The van der Waals surface area contributed by atoms with Gasteiger partial charge in [-0.05, 0) is 89.7 Å². The quantitative estimate of drug-likeness (QED) is 0.364. The minimum Gasteiger partial charge on any atom is -0.487 e. The Balaban J connectivity index is 1.57. The van der Waals surface area contributed by atoms with Crippen molar-refractivity contribution < 1.29 is 14.3 Å². The highest BCUT2D eigenvalue weighted by Gasteiger charge is 2.35. The molecule has 0 bridgehead atoms. The van der Waals surface area contributed by atoms with E-state index in [0.29, 0.717) is 19.3 Å². The van der Waals surface area contributed by atoms with Crippen molar-refractivity contribution in [2.75, 3.05) is 38.3 Å². The SMILES string of the molecule is COCC(C=O)N1CC[C@H]1CN1CCCCc2cc(Cl)ccc2COc2ccc(I)cc21. The number of hydrogen-bond acceptors (Lipinski definition) is 5. The zero-order chi connectivity index (χ0) is 22.5. The Kier molecular flexibility index (Phi) is 8.32. The Morgan fingerprint density at radius 2 is 2.09 bits per heavy atom. The third-order valence-corrected chi connectivity index (χ3v) is 7.38. The molecular formula is C25H30ClIN2O3. The summed E-state index contributed by atoms with van der Waals surface area (Å²) in [5.74, 6) is 0.905. The average Bonchev–Trinajstić information content (AvgIpc) is 2.80. The number of ether oxygens (including phenoxy) is 2. The van der Waals surface area contributed by atoms with E-state index in [1.807, 2.05) is 6.07 Å². The second-order valence-electron chi connectivity index (χ2n) is 8.56. The molecular weight excluding hydrogens is 539 g/mol. The van der Waals surface area contributed by atoms with Gasteiger partial charge in [0.1, 0.15) is 18.6 Å². The number of aldehydes is 1. The molecule has 1 fully saturated rings. The van der Waals surface area contributed by atoms with Crippen LogP contribution in [0.5, 0.6) is 5.75 Å². The van der Waals surface area contributed by atoms with Crippen LogP contribution in [-0.4, -0.2) is 56.6 Å². The predicted octanol–water partition coefficient (Wildman–Crippen LogP) is 4.95. The lowest BCUT2D eigenvalue weighted by Gasteiger charge is -2.46. The van der Waals surface area contributed by atoms with Crippen LogP contribution in [-0.2, 0) is 22.6 Å². The van der Waals surface area contributed by atoms with Gasteiger partial charge >= 0.3 is 0 Å². The maximum Gasteiger partial charge on any atom is 0.143 e. The summed E-state index contributed by atoms with van der Waals surface area (Å²) in [7, 11) is 1.65. The van der Waals surface area contributed by atoms with Crippen molar-refractivity contribution in [2.45, 2.75) is 44.4 Å². The lowest BCUT2D eigenvalue weighted by Crippen LogP contribution is -2.59. The zero-order valence-electron chi connectivity index (χ0n) is 18.4. The summed E-state index contributed by atoms with van der Waals surface area (Å²) in [5, 5.41) is 0.779. The summed E-state index contributed by atoms with van der Waals surface area (Å²) in [5.41, 5.74) is 3.61. The van der Waals surface area contributed by atoms with Crippen LogP contribution in [0, 0.1) is 3.57 Å². The Morgan fingerprint density at radius 1 is 1.22 bits per heavy atom. The summed E-state index contributed by atoms with van der Waals surface area (Å²) in [6.45, 7) is 3.75. The number of fused-ring (bicyclic) bond motifs is 2. The third-order valence-electron chi connectivity index (χ3n) is 6.48. The van der Waals surface area contributed by atoms with Gasteiger partial charge in [0.15, 0.2) is 0 Å². The van der Waals surface area contributed by atoms with Crippen LogP contribution in [0.2, 0.25) is 5.02 Å². The number of aryl methyl sites for hydroxylation is 1. The van der Waals surface area contributed by atoms with Crippen LogP contribution in [0.3, 0.4) is 0 Å².